The number of rotatable bonds is 5. The van der Waals surface area contributed by atoms with Crippen molar-refractivity contribution in [2.45, 2.75) is 13.3 Å². The molecule has 0 amide bonds. The summed E-state index contributed by atoms with van der Waals surface area (Å²) in [5, 5.41) is 0. The van der Waals surface area contributed by atoms with Crippen LogP contribution in [0.15, 0.2) is 48.7 Å². The fraction of sp³-hybridized carbons (Fsp3) is 0.214. The first-order valence-electron chi connectivity index (χ1n) is 6.13. The predicted molar refractivity (Wildman–Crippen MR) is 77.4 cm³/mol. The second-order valence-corrected chi connectivity index (χ2v) is 6.06. The molecule has 0 aliphatic heterocycles. The molecule has 1 aromatic carbocycles. The highest BCUT2D eigenvalue weighted by Crippen LogP contribution is 2.19. The van der Waals surface area contributed by atoms with Gasteiger partial charge in [-0.1, -0.05) is 37.3 Å². The average Bonchev–Trinajstić information content (AvgIpc) is 2.40. The highest BCUT2D eigenvalue weighted by Gasteiger charge is 2.09. The Morgan fingerprint density at radius 3 is 2.37 bits per heavy atom. The summed E-state index contributed by atoms with van der Waals surface area (Å²) in [6, 6.07) is 13.3. The summed E-state index contributed by atoms with van der Waals surface area (Å²) in [5.74, 6) is 0.461. The molecule has 0 aliphatic rings. The molecule has 0 bridgehead atoms. The Morgan fingerprint density at radius 2 is 1.79 bits per heavy atom. The monoisotopic (exact) mass is 276 g/mol. The van der Waals surface area contributed by atoms with Crippen LogP contribution in [0.3, 0.4) is 0 Å². The normalized spacial score (nSPS) is 11.2. The van der Waals surface area contributed by atoms with Crippen molar-refractivity contribution in [3.63, 3.8) is 0 Å². The number of anilines is 1. The van der Waals surface area contributed by atoms with E-state index in [1.807, 2.05) is 43.3 Å². The van der Waals surface area contributed by atoms with E-state index in [0.717, 1.165) is 11.1 Å². The van der Waals surface area contributed by atoms with Crippen molar-refractivity contribution in [3.8, 4) is 11.1 Å². The lowest BCUT2D eigenvalue weighted by Crippen LogP contribution is -2.16. The van der Waals surface area contributed by atoms with E-state index in [4.69, 9.17) is 0 Å². The largest absolute Gasteiger partial charge is 0.267 e. The van der Waals surface area contributed by atoms with Gasteiger partial charge < -0.3 is 0 Å². The number of sulfonamides is 1. The maximum atomic E-state index is 11.6. The van der Waals surface area contributed by atoms with Crippen LogP contribution in [0.25, 0.3) is 11.1 Å². The fourth-order valence-electron chi connectivity index (χ4n) is 1.73. The molecule has 0 saturated carbocycles. The van der Waals surface area contributed by atoms with Crippen molar-refractivity contribution in [1.29, 1.82) is 0 Å². The lowest BCUT2D eigenvalue weighted by atomic mass is 10.1. The van der Waals surface area contributed by atoms with Gasteiger partial charge in [0.25, 0.3) is 0 Å². The van der Waals surface area contributed by atoms with Gasteiger partial charge in [-0.15, -0.1) is 0 Å². The van der Waals surface area contributed by atoms with Crippen molar-refractivity contribution in [1.82, 2.24) is 4.98 Å². The lowest BCUT2D eigenvalue weighted by Gasteiger charge is -2.07. The van der Waals surface area contributed by atoms with Crippen LogP contribution in [0.5, 0.6) is 0 Å². The first-order chi connectivity index (χ1) is 9.11. The van der Waals surface area contributed by atoms with Crippen molar-refractivity contribution in [3.05, 3.63) is 48.7 Å². The van der Waals surface area contributed by atoms with E-state index in [-0.39, 0.29) is 5.75 Å². The standard InChI is InChI=1S/C14H16N2O2S/c1-2-10-19(17,18)16-14-9-8-13(11-15-14)12-6-4-3-5-7-12/h3-9,11H,2,10H2,1H3,(H,15,16). The molecule has 5 heteroatoms. The molecular formula is C14H16N2O2S. The van der Waals surface area contributed by atoms with E-state index in [0.29, 0.717) is 12.2 Å². The molecule has 2 rings (SSSR count). The lowest BCUT2D eigenvalue weighted by molar-refractivity contribution is 0.599. The van der Waals surface area contributed by atoms with E-state index in [1.165, 1.54) is 0 Å². The molecule has 100 valence electrons. The van der Waals surface area contributed by atoms with E-state index in [2.05, 4.69) is 9.71 Å². The zero-order valence-electron chi connectivity index (χ0n) is 10.7. The van der Waals surface area contributed by atoms with Crippen LogP contribution < -0.4 is 4.72 Å². The highest BCUT2D eigenvalue weighted by atomic mass is 32.2. The smallest absolute Gasteiger partial charge is 0.233 e. The molecule has 0 unspecified atom stereocenters. The minimum Gasteiger partial charge on any atom is -0.267 e. The summed E-state index contributed by atoms with van der Waals surface area (Å²) in [5.41, 5.74) is 2.01. The molecule has 0 saturated heterocycles. The Hall–Kier alpha value is -1.88. The van der Waals surface area contributed by atoms with Crippen molar-refractivity contribution >= 4 is 15.8 Å². The molecule has 4 nitrogen and oxygen atoms in total. The van der Waals surface area contributed by atoms with Crippen LogP contribution in [-0.2, 0) is 10.0 Å². The molecule has 0 radical (unpaired) electrons. The van der Waals surface area contributed by atoms with Gasteiger partial charge in [0.05, 0.1) is 5.75 Å². The third-order valence-corrected chi connectivity index (χ3v) is 4.07. The quantitative estimate of drug-likeness (QED) is 0.913. The zero-order chi connectivity index (χ0) is 13.7. The number of aromatic nitrogens is 1. The molecule has 1 aromatic heterocycles. The number of hydrogen-bond acceptors (Lipinski definition) is 3. The molecule has 1 heterocycles. The van der Waals surface area contributed by atoms with Gasteiger partial charge in [-0.2, -0.15) is 0 Å². The minimum absolute atomic E-state index is 0.106. The third kappa shape index (κ3) is 3.79. The molecule has 2 aromatic rings. The van der Waals surface area contributed by atoms with Crippen LogP contribution in [0, 0.1) is 0 Å². The van der Waals surface area contributed by atoms with E-state index in [9.17, 15) is 8.42 Å². The fourth-order valence-corrected chi connectivity index (χ4v) is 2.81. The van der Waals surface area contributed by atoms with Gasteiger partial charge in [0.2, 0.25) is 10.0 Å². The van der Waals surface area contributed by atoms with Gasteiger partial charge in [-0.05, 0) is 24.1 Å². The first kappa shape index (κ1) is 13.5. The molecule has 0 fully saturated rings. The molecular weight excluding hydrogens is 260 g/mol. The molecule has 0 atom stereocenters. The second-order valence-electron chi connectivity index (χ2n) is 4.22. The Balaban J connectivity index is 2.16. The number of pyridine rings is 1. The minimum atomic E-state index is -3.27. The highest BCUT2D eigenvalue weighted by molar-refractivity contribution is 7.92. The maximum absolute atomic E-state index is 11.6. The van der Waals surface area contributed by atoms with Crippen molar-refractivity contribution in [2.24, 2.45) is 0 Å². The van der Waals surface area contributed by atoms with E-state index in [1.54, 1.807) is 12.3 Å². The molecule has 1 N–H and O–H groups in total. The Bertz CT molecular complexity index is 622. The Morgan fingerprint density at radius 1 is 1.05 bits per heavy atom. The number of hydrogen-bond donors (Lipinski definition) is 1. The number of nitrogens with zero attached hydrogens (tertiary/aromatic N) is 1. The van der Waals surface area contributed by atoms with Crippen LogP contribution in [0.4, 0.5) is 5.82 Å². The van der Waals surface area contributed by atoms with Crippen LogP contribution in [0.2, 0.25) is 0 Å². The Labute approximate surface area is 113 Å². The summed E-state index contributed by atoms with van der Waals surface area (Å²) in [6.45, 7) is 1.82. The average molecular weight is 276 g/mol. The number of benzene rings is 1. The molecule has 19 heavy (non-hydrogen) atoms. The molecule has 0 spiro atoms. The van der Waals surface area contributed by atoms with Crippen LogP contribution in [0.1, 0.15) is 13.3 Å². The predicted octanol–water partition coefficient (Wildman–Crippen LogP) is 2.90. The van der Waals surface area contributed by atoms with Crippen LogP contribution in [-0.4, -0.2) is 19.2 Å². The van der Waals surface area contributed by atoms with Gasteiger partial charge in [-0.3, -0.25) is 4.72 Å². The number of nitrogens with one attached hydrogen (secondary N) is 1. The van der Waals surface area contributed by atoms with E-state index >= 15 is 0 Å². The second kappa shape index (κ2) is 5.84. The summed E-state index contributed by atoms with van der Waals surface area (Å²) in [7, 11) is -3.27. The summed E-state index contributed by atoms with van der Waals surface area (Å²) < 4.78 is 25.7. The topological polar surface area (TPSA) is 59.1 Å². The van der Waals surface area contributed by atoms with Gasteiger partial charge in [0, 0.05) is 11.8 Å². The van der Waals surface area contributed by atoms with Gasteiger partial charge in [0.1, 0.15) is 5.82 Å². The van der Waals surface area contributed by atoms with Crippen LogP contribution >= 0.6 is 0 Å². The first-order valence-corrected chi connectivity index (χ1v) is 7.78. The summed E-state index contributed by atoms with van der Waals surface area (Å²) in [6.07, 6.45) is 2.25. The SMILES string of the molecule is CCCS(=O)(=O)Nc1ccc(-c2ccccc2)cn1. The summed E-state index contributed by atoms with van der Waals surface area (Å²) >= 11 is 0. The zero-order valence-corrected chi connectivity index (χ0v) is 11.5. The van der Waals surface area contributed by atoms with Crippen molar-refractivity contribution < 1.29 is 8.42 Å². The van der Waals surface area contributed by atoms with Gasteiger partial charge >= 0.3 is 0 Å². The Kier molecular flexibility index (Phi) is 4.16. The van der Waals surface area contributed by atoms with Crippen molar-refractivity contribution in [2.75, 3.05) is 10.5 Å². The summed E-state index contributed by atoms with van der Waals surface area (Å²) in [4.78, 5) is 4.13. The van der Waals surface area contributed by atoms with Gasteiger partial charge in [0.15, 0.2) is 0 Å². The van der Waals surface area contributed by atoms with E-state index < -0.39 is 10.0 Å². The maximum Gasteiger partial charge on any atom is 0.233 e. The molecule has 0 aliphatic carbocycles. The third-order valence-electron chi connectivity index (χ3n) is 2.60. The van der Waals surface area contributed by atoms with Gasteiger partial charge in [-0.25, -0.2) is 13.4 Å².